The molecule has 2 aromatic carbocycles. The number of thioether (sulfide) groups is 1. The fraction of sp³-hybridized carbons (Fsp3) is 0.435. The van der Waals surface area contributed by atoms with Gasteiger partial charge in [0.25, 0.3) is 0 Å². The standard InChI is InChI=1S/C23H28N2O4S/c1-14(21-20(27)19(26)18-22(29-21)30-23(24-2)25-18)28-13-17-10-8-16(9-11-17)12-15-6-4-3-5-7-15/h3-11,14,18-22,26-27H,12-13H2,1-2H3,(H,24,25)/t14-,18+,19+,20-,21+,22+/m0/s1. The minimum atomic E-state index is -1.03. The van der Waals surface area contributed by atoms with E-state index in [1.54, 1.807) is 7.05 Å². The van der Waals surface area contributed by atoms with Gasteiger partial charge in [0.2, 0.25) is 0 Å². The third-order valence-corrected chi connectivity index (χ3v) is 6.77. The molecule has 0 spiro atoms. The number of fused-ring (bicyclic) bond motifs is 1. The summed E-state index contributed by atoms with van der Waals surface area (Å²) >= 11 is 1.43. The van der Waals surface area contributed by atoms with E-state index in [0.717, 1.165) is 12.0 Å². The Balaban J connectivity index is 1.32. The van der Waals surface area contributed by atoms with Crippen molar-refractivity contribution in [3.05, 3.63) is 71.3 Å². The van der Waals surface area contributed by atoms with E-state index in [2.05, 4.69) is 58.8 Å². The molecule has 7 heteroatoms. The summed E-state index contributed by atoms with van der Waals surface area (Å²) in [7, 11) is 1.68. The molecule has 30 heavy (non-hydrogen) atoms. The van der Waals surface area contributed by atoms with E-state index in [4.69, 9.17) is 9.47 Å². The monoisotopic (exact) mass is 428 g/mol. The molecule has 2 saturated heterocycles. The van der Waals surface area contributed by atoms with Crippen LogP contribution in [0.15, 0.2) is 59.6 Å². The lowest BCUT2D eigenvalue weighted by atomic mass is 9.95. The van der Waals surface area contributed by atoms with Crippen LogP contribution in [0.1, 0.15) is 23.6 Å². The maximum absolute atomic E-state index is 10.5. The Bertz CT molecular complexity index is 861. The molecule has 2 fully saturated rings. The number of hydrogen-bond acceptors (Lipinski definition) is 6. The van der Waals surface area contributed by atoms with E-state index in [1.807, 2.05) is 13.0 Å². The van der Waals surface area contributed by atoms with Crippen molar-refractivity contribution in [1.29, 1.82) is 0 Å². The van der Waals surface area contributed by atoms with Crippen LogP contribution >= 0.6 is 11.8 Å². The summed E-state index contributed by atoms with van der Waals surface area (Å²) in [4.78, 5) is 4.11. The average molecular weight is 429 g/mol. The second-order valence-corrected chi connectivity index (χ2v) is 8.85. The minimum absolute atomic E-state index is 0.296. The fourth-order valence-corrected chi connectivity index (χ4v) is 4.93. The number of aliphatic hydroxyl groups excluding tert-OH is 2. The third-order valence-electron chi connectivity index (χ3n) is 5.61. The van der Waals surface area contributed by atoms with Crippen molar-refractivity contribution in [1.82, 2.24) is 5.32 Å². The Kier molecular flexibility index (Phi) is 6.75. The largest absolute Gasteiger partial charge is 0.388 e. The van der Waals surface area contributed by atoms with Gasteiger partial charge < -0.3 is 25.0 Å². The van der Waals surface area contributed by atoms with E-state index >= 15 is 0 Å². The molecule has 0 saturated carbocycles. The number of nitrogens with zero attached hydrogens (tertiary/aromatic N) is 1. The predicted molar refractivity (Wildman–Crippen MR) is 118 cm³/mol. The highest BCUT2D eigenvalue weighted by atomic mass is 32.2. The van der Waals surface area contributed by atoms with Crippen molar-refractivity contribution >= 4 is 16.9 Å². The summed E-state index contributed by atoms with van der Waals surface area (Å²) in [6.07, 6.45) is -2.05. The third kappa shape index (κ3) is 4.71. The van der Waals surface area contributed by atoms with Crippen LogP contribution in [0.3, 0.4) is 0 Å². The second-order valence-electron chi connectivity index (χ2n) is 7.76. The SMILES string of the molecule is CN=C1N[C@@H]2[C@@H](O)[C@H](O)[C@@H]([C@H](C)OCc3ccc(Cc4ccccc4)cc3)O[C@@H]2S1. The van der Waals surface area contributed by atoms with E-state index in [-0.39, 0.29) is 17.6 Å². The number of aliphatic hydroxyl groups is 2. The van der Waals surface area contributed by atoms with Crippen molar-refractivity contribution in [2.45, 2.75) is 55.8 Å². The zero-order valence-electron chi connectivity index (χ0n) is 17.1. The Morgan fingerprint density at radius 1 is 1.03 bits per heavy atom. The molecule has 0 bridgehead atoms. The van der Waals surface area contributed by atoms with Gasteiger partial charge in [-0.2, -0.15) is 0 Å². The molecular formula is C23H28N2O4S. The first-order valence-electron chi connectivity index (χ1n) is 10.2. The Morgan fingerprint density at radius 2 is 1.70 bits per heavy atom. The fourth-order valence-electron chi connectivity index (χ4n) is 3.84. The number of rotatable bonds is 6. The van der Waals surface area contributed by atoms with Crippen LogP contribution in [0.25, 0.3) is 0 Å². The first-order valence-corrected chi connectivity index (χ1v) is 11.1. The summed E-state index contributed by atoms with van der Waals surface area (Å²) in [5.74, 6) is 0. The topological polar surface area (TPSA) is 83.3 Å². The normalized spacial score (nSPS) is 30.7. The Hall–Kier alpha value is -1.90. The highest BCUT2D eigenvalue weighted by molar-refractivity contribution is 8.14. The molecule has 0 radical (unpaired) electrons. The number of benzene rings is 2. The molecule has 0 unspecified atom stereocenters. The van der Waals surface area contributed by atoms with E-state index < -0.39 is 18.3 Å². The molecule has 2 aromatic rings. The van der Waals surface area contributed by atoms with E-state index in [9.17, 15) is 10.2 Å². The predicted octanol–water partition coefficient (Wildman–Crippen LogP) is 2.32. The molecule has 2 aliphatic heterocycles. The lowest BCUT2D eigenvalue weighted by molar-refractivity contribution is -0.195. The molecular weight excluding hydrogens is 400 g/mol. The first-order chi connectivity index (χ1) is 14.5. The van der Waals surface area contributed by atoms with Crippen molar-refractivity contribution < 1.29 is 19.7 Å². The van der Waals surface area contributed by atoms with E-state index in [0.29, 0.717) is 11.8 Å². The Labute approximate surface area is 181 Å². The van der Waals surface area contributed by atoms with Crippen LogP contribution in [-0.2, 0) is 22.5 Å². The lowest BCUT2D eigenvalue weighted by Gasteiger charge is -2.41. The van der Waals surface area contributed by atoms with Gasteiger partial charge in [-0.3, -0.25) is 4.99 Å². The van der Waals surface area contributed by atoms with Gasteiger partial charge in [0.15, 0.2) is 5.17 Å². The van der Waals surface area contributed by atoms with Crippen molar-refractivity contribution in [3.63, 3.8) is 0 Å². The molecule has 6 nitrogen and oxygen atoms in total. The number of amidine groups is 1. The van der Waals surface area contributed by atoms with Crippen LogP contribution in [0.2, 0.25) is 0 Å². The van der Waals surface area contributed by atoms with Gasteiger partial charge in [0.05, 0.1) is 18.8 Å². The number of hydrogen-bond donors (Lipinski definition) is 3. The van der Waals surface area contributed by atoms with Crippen LogP contribution < -0.4 is 5.32 Å². The number of ether oxygens (including phenoxy) is 2. The van der Waals surface area contributed by atoms with Gasteiger partial charge in [-0.25, -0.2) is 0 Å². The van der Waals surface area contributed by atoms with Crippen LogP contribution in [-0.4, -0.2) is 58.3 Å². The quantitative estimate of drug-likeness (QED) is 0.655. The van der Waals surface area contributed by atoms with Gasteiger partial charge in [-0.1, -0.05) is 66.4 Å². The summed E-state index contributed by atoms with van der Waals surface area (Å²) in [6.45, 7) is 2.28. The molecule has 6 atom stereocenters. The number of nitrogens with one attached hydrogen (secondary N) is 1. The molecule has 3 N–H and O–H groups in total. The maximum Gasteiger partial charge on any atom is 0.159 e. The average Bonchev–Trinajstić information content (AvgIpc) is 3.20. The van der Waals surface area contributed by atoms with Crippen molar-refractivity contribution in [3.8, 4) is 0 Å². The molecule has 0 aliphatic carbocycles. The highest BCUT2D eigenvalue weighted by Crippen LogP contribution is 2.35. The molecule has 0 aromatic heterocycles. The summed E-state index contributed by atoms with van der Waals surface area (Å²) < 4.78 is 12.0. The first kappa shape index (κ1) is 21.3. The molecule has 2 aliphatic rings. The number of aliphatic imine (C=N–C) groups is 1. The molecule has 2 heterocycles. The highest BCUT2D eigenvalue weighted by Gasteiger charge is 2.50. The smallest absolute Gasteiger partial charge is 0.159 e. The summed E-state index contributed by atoms with van der Waals surface area (Å²) in [5, 5.41) is 24.9. The van der Waals surface area contributed by atoms with Crippen LogP contribution in [0.4, 0.5) is 0 Å². The van der Waals surface area contributed by atoms with Gasteiger partial charge in [0.1, 0.15) is 23.7 Å². The molecule has 0 amide bonds. The maximum atomic E-state index is 10.5. The van der Waals surface area contributed by atoms with Gasteiger partial charge in [0, 0.05) is 7.05 Å². The summed E-state index contributed by atoms with van der Waals surface area (Å²) in [6, 6.07) is 18.4. The Morgan fingerprint density at radius 3 is 2.40 bits per heavy atom. The minimum Gasteiger partial charge on any atom is -0.388 e. The van der Waals surface area contributed by atoms with Crippen LogP contribution in [0.5, 0.6) is 0 Å². The lowest BCUT2D eigenvalue weighted by Crippen LogP contribution is -2.61. The van der Waals surface area contributed by atoms with Crippen molar-refractivity contribution in [2.24, 2.45) is 4.99 Å². The van der Waals surface area contributed by atoms with E-state index in [1.165, 1.54) is 22.9 Å². The van der Waals surface area contributed by atoms with Crippen LogP contribution in [0, 0.1) is 0 Å². The van der Waals surface area contributed by atoms with Gasteiger partial charge >= 0.3 is 0 Å². The van der Waals surface area contributed by atoms with Crippen molar-refractivity contribution in [2.75, 3.05) is 7.05 Å². The zero-order chi connectivity index (χ0) is 21.1. The zero-order valence-corrected chi connectivity index (χ0v) is 18.0. The second kappa shape index (κ2) is 9.49. The molecule has 4 rings (SSSR count). The van der Waals surface area contributed by atoms with Gasteiger partial charge in [-0.15, -0.1) is 0 Å². The summed E-state index contributed by atoms with van der Waals surface area (Å²) in [5.41, 5.74) is 3.29. The molecule has 160 valence electrons. The van der Waals surface area contributed by atoms with Gasteiger partial charge in [-0.05, 0) is 30.0 Å².